The molecule has 7 heteroatoms. The Kier molecular flexibility index (Phi) is 5.18. The highest BCUT2D eigenvalue weighted by atomic mass is 16.5. The van der Waals surface area contributed by atoms with Gasteiger partial charge in [-0.05, 0) is 45.4 Å². The number of hydrogen-bond donors (Lipinski definition) is 3. The molecule has 0 radical (unpaired) electrons. The number of aromatic nitrogens is 1. The molecule has 1 atom stereocenters. The van der Waals surface area contributed by atoms with Crippen LogP contribution in [0, 0.1) is 0 Å². The highest BCUT2D eigenvalue weighted by Crippen LogP contribution is 2.40. The van der Waals surface area contributed by atoms with Crippen molar-refractivity contribution in [3.8, 4) is 0 Å². The van der Waals surface area contributed by atoms with Gasteiger partial charge in [0.15, 0.2) is 5.69 Å². The summed E-state index contributed by atoms with van der Waals surface area (Å²) in [6.45, 7) is 1.82. The van der Waals surface area contributed by atoms with E-state index in [2.05, 4.69) is 15.8 Å². The van der Waals surface area contributed by atoms with Crippen molar-refractivity contribution in [2.75, 3.05) is 0 Å². The molecule has 0 unspecified atom stereocenters. The molecular formula is C17H26N4O3. The lowest BCUT2D eigenvalue weighted by Gasteiger charge is -2.29. The largest absolute Gasteiger partial charge is 0.360 e. The maximum absolute atomic E-state index is 12.2. The zero-order chi connectivity index (χ0) is 17.1. The van der Waals surface area contributed by atoms with Crippen LogP contribution >= 0.6 is 0 Å². The second-order valence-electron chi connectivity index (χ2n) is 7.16. The van der Waals surface area contributed by atoms with Crippen LogP contribution in [0.5, 0.6) is 0 Å². The molecule has 4 N–H and O–H groups in total. The van der Waals surface area contributed by atoms with Gasteiger partial charge in [-0.25, -0.2) is 0 Å². The molecule has 24 heavy (non-hydrogen) atoms. The van der Waals surface area contributed by atoms with E-state index >= 15 is 0 Å². The van der Waals surface area contributed by atoms with Gasteiger partial charge >= 0.3 is 0 Å². The topological polar surface area (TPSA) is 110 Å². The Hall–Kier alpha value is -1.89. The summed E-state index contributed by atoms with van der Waals surface area (Å²) in [6.07, 6.45) is 6.02. The van der Waals surface area contributed by atoms with Crippen LogP contribution in [0.2, 0.25) is 0 Å². The van der Waals surface area contributed by atoms with E-state index in [0.29, 0.717) is 18.0 Å². The SMILES string of the molecule is C[C@H](N)CC(=O)N[C@H]1CC[C@H](NC(=O)c2cc(C3CC3)on2)CC1. The number of nitrogens with one attached hydrogen (secondary N) is 2. The van der Waals surface area contributed by atoms with Crippen LogP contribution in [0.1, 0.15) is 74.0 Å². The summed E-state index contributed by atoms with van der Waals surface area (Å²) in [4.78, 5) is 24.0. The predicted octanol–water partition coefficient (Wildman–Crippen LogP) is 1.45. The summed E-state index contributed by atoms with van der Waals surface area (Å²) >= 11 is 0. The van der Waals surface area contributed by atoms with E-state index in [4.69, 9.17) is 10.3 Å². The maximum atomic E-state index is 12.2. The molecule has 0 bridgehead atoms. The van der Waals surface area contributed by atoms with Gasteiger partial charge in [-0.2, -0.15) is 0 Å². The van der Waals surface area contributed by atoms with Gasteiger partial charge in [0, 0.05) is 36.5 Å². The number of carbonyl (C=O) groups is 2. The fraction of sp³-hybridized carbons (Fsp3) is 0.706. The van der Waals surface area contributed by atoms with Crippen LogP contribution in [0.15, 0.2) is 10.6 Å². The van der Waals surface area contributed by atoms with Crippen molar-refractivity contribution >= 4 is 11.8 Å². The molecule has 1 aromatic heterocycles. The van der Waals surface area contributed by atoms with Crippen LogP contribution in [-0.2, 0) is 4.79 Å². The molecule has 1 heterocycles. The minimum Gasteiger partial charge on any atom is -0.360 e. The average Bonchev–Trinajstić information content (AvgIpc) is 3.25. The van der Waals surface area contributed by atoms with Crippen molar-refractivity contribution < 1.29 is 14.1 Å². The van der Waals surface area contributed by atoms with E-state index in [1.807, 2.05) is 6.92 Å². The Bertz CT molecular complexity index is 586. The number of nitrogens with two attached hydrogens (primary N) is 1. The third kappa shape index (κ3) is 4.56. The minimum atomic E-state index is -0.171. The quantitative estimate of drug-likeness (QED) is 0.729. The second kappa shape index (κ2) is 7.34. The molecule has 1 aromatic rings. The lowest BCUT2D eigenvalue weighted by molar-refractivity contribution is -0.122. The normalized spacial score (nSPS) is 25.1. The first-order chi connectivity index (χ1) is 11.5. The summed E-state index contributed by atoms with van der Waals surface area (Å²) in [5.74, 6) is 1.11. The summed E-state index contributed by atoms with van der Waals surface area (Å²) in [6, 6.07) is 1.94. The average molecular weight is 334 g/mol. The molecule has 132 valence electrons. The summed E-state index contributed by atoms with van der Waals surface area (Å²) in [5, 5.41) is 9.91. The van der Waals surface area contributed by atoms with E-state index < -0.39 is 0 Å². The lowest BCUT2D eigenvalue weighted by atomic mass is 9.91. The van der Waals surface area contributed by atoms with Crippen molar-refractivity contribution in [1.82, 2.24) is 15.8 Å². The summed E-state index contributed by atoms with van der Waals surface area (Å²) < 4.78 is 5.22. The van der Waals surface area contributed by atoms with Crippen LogP contribution in [0.4, 0.5) is 0 Å². The molecule has 0 saturated heterocycles. The lowest BCUT2D eigenvalue weighted by Crippen LogP contribution is -2.44. The summed E-state index contributed by atoms with van der Waals surface area (Å²) in [5.41, 5.74) is 6.00. The maximum Gasteiger partial charge on any atom is 0.273 e. The Labute approximate surface area is 141 Å². The molecular weight excluding hydrogens is 308 g/mol. The van der Waals surface area contributed by atoms with Crippen molar-refractivity contribution in [1.29, 1.82) is 0 Å². The van der Waals surface area contributed by atoms with Crippen LogP contribution in [-0.4, -0.2) is 35.1 Å². The Morgan fingerprint density at radius 1 is 1.21 bits per heavy atom. The van der Waals surface area contributed by atoms with Gasteiger partial charge in [-0.15, -0.1) is 0 Å². The van der Waals surface area contributed by atoms with E-state index in [1.54, 1.807) is 6.07 Å². The second-order valence-corrected chi connectivity index (χ2v) is 7.16. The van der Waals surface area contributed by atoms with Crippen molar-refractivity contribution in [2.45, 2.75) is 75.9 Å². The first kappa shape index (κ1) is 17.0. The van der Waals surface area contributed by atoms with Gasteiger partial charge < -0.3 is 20.9 Å². The molecule has 2 amide bonds. The number of hydrogen-bond acceptors (Lipinski definition) is 5. The fourth-order valence-corrected chi connectivity index (χ4v) is 3.18. The highest BCUT2D eigenvalue weighted by Gasteiger charge is 2.30. The van der Waals surface area contributed by atoms with Gasteiger partial charge in [0.25, 0.3) is 5.91 Å². The Morgan fingerprint density at radius 2 is 1.83 bits per heavy atom. The molecule has 7 nitrogen and oxygen atoms in total. The molecule has 2 fully saturated rings. The monoisotopic (exact) mass is 334 g/mol. The fourth-order valence-electron chi connectivity index (χ4n) is 3.18. The number of carbonyl (C=O) groups excluding carboxylic acids is 2. The van der Waals surface area contributed by atoms with Gasteiger partial charge in [0.2, 0.25) is 5.91 Å². The van der Waals surface area contributed by atoms with Crippen molar-refractivity contribution in [2.24, 2.45) is 5.73 Å². The summed E-state index contributed by atoms with van der Waals surface area (Å²) in [7, 11) is 0. The van der Waals surface area contributed by atoms with Crippen LogP contribution < -0.4 is 16.4 Å². The smallest absolute Gasteiger partial charge is 0.273 e. The molecule has 2 aliphatic carbocycles. The van der Waals surface area contributed by atoms with Gasteiger partial charge in [-0.1, -0.05) is 5.16 Å². The molecule has 0 aromatic carbocycles. The van der Waals surface area contributed by atoms with Crippen LogP contribution in [0.3, 0.4) is 0 Å². The van der Waals surface area contributed by atoms with Gasteiger partial charge in [0.05, 0.1) is 0 Å². The molecule has 3 rings (SSSR count). The van der Waals surface area contributed by atoms with E-state index in [1.165, 1.54) is 0 Å². The Morgan fingerprint density at radius 3 is 2.42 bits per heavy atom. The van der Waals surface area contributed by atoms with Crippen molar-refractivity contribution in [3.63, 3.8) is 0 Å². The standard InChI is InChI=1S/C17H26N4O3/c1-10(18)8-16(22)19-12-4-6-13(7-5-12)20-17(23)14-9-15(24-21-14)11-2-3-11/h9-13H,2-8,18H2,1H3,(H,19,22)(H,20,23)/t10-,12-,13-/m0/s1. The van der Waals surface area contributed by atoms with Crippen LogP contribution in [0.25, 0.3) is 0 Å². The highest BCUT2D eigenvalue weighted by molar-refractivity contribution is 5.92. The third-order valence-electron chi connectivity index (χ3n) is 4.68. The third-order valence-corrected chi connectivity index (χ3v) is 4.68. The molecule has 2 saturated carbocycles. The molecule has 2 aliphatic rings. The van der Waals surface area contributed by atoms with E-state index in [-0.39, 0.29) is 29.9 Å². The molecule has 0 aliphatic heterocycles. The van der Waals surface area contributed by atoms with Crippen molar-refractivity contribution in [3.05, 3.63) is 17.5 Å². The van der Waals surface area contributed by atoms with Gasteiger partial charge in [0.1, 0.15) is 5.76 Å². The number of rotatable bonds is 6. The zero-order valence-electron chi connectivity index (χ0n) is 14.1. The zero-order valence-corrected chi connectivity index (χ0v) is 14.1. The Balaban J connectivity index is 1.41. The van der Waals surface area contributed by atoms with E-state index in [9.17, 15) is 9.59 Å². The minimum absolute atomic E-state index is 0.00712. The predicted molar refractivity (Wildman–Crippen MR) is 88.4 cm³/mol. The first-order valence-electron chi connectivity index (χ1n) is 8.83. The van der Waals surface area contributed by atoms with Gasteiger partial charge in [-0.3, -0.25) is 9.59 Å². The first-order valence-corrected chi connectivity index (χ1v) is 8.83. The number of amides is 2. The van der Waals surface area contributed by atoms with E-state index in [0.717, 1.165) is 44.3 Å². The molecule has 0 spiro atoms. The number of nitrogens with zero attached hydrogens (tertiary/aromatic N) is 1.